The van der Waals surface area contributed by atoms with Gasteiger partial charge in [-0.3, -0.25) is 9.36 Å². The van der Waals surface area contributed by atoms with E-state index in [2.05, 4.69) is 98.9 Å². The number of likely N-dealkylation sites (N-methyl/N-ethyl adjacent to an activating group) is 1. The zero-order chi connectivity index (χ0) is 44.1. The monoisotopic (exact) mass is 860 g/mol. The fourth-order valence-corrected chi connectivity index (χ4v) is 6.74. The van der Waals surface area contributed by atoms with E-state index in [1.165, 1.54) is 51.4 Å². The van der Waals surface area contributed by atoms with Gasteiger partial charge in [-0.2, -0.15) is 0 Å². The highest BCUT2D eigenvalue weighted by Gasteiger charge is 2.20. The average molecular weight is 860 g/mol. The first-order valence-corrected chi connectivity index (χ1v) is 25.3. The number of ether oxygens (including phenoxy) is 2. The first-order valence-electron chi connectivity index (χ1n) is 23.8. The molecule has 0 rings (SSSR count). The largest absolute Gasteiger partial charge is 0.756 e. The van der Waals surface area contributed by atoms with Gasteiger partial charge >= 0.3 is 5.97 Å². The Morgan fingerprint density at radius 2 is 0.967 bits per heavy atom. The van der Waals surface area contributed by atoms with Crippen LogP contribution in [-0.4, -0.2) is 70.7 Å². The molecule has 0 fully saturated rings. The SMILES string of the molecule is CC/C=C\C/C=C\C/C=C\C/C=C\C/C=C\CCCCCCCCOCC(COP(=O)([O-])OCC[N+](C)(C)C)OC(=O)CCCCCCC/C=C\C/C=C\CCCCCC. The van der Waals surface area contributed by atoms with Crippen LogP contribution in [0.1, 0.15) is 174 Å². The molecule has 0 aliphatic rings. The number of nitrogens with zero attached hydrogens (tertiary/aromatic N) is 1. The van der Waals surface area contributed by atoms with Crippen LogP contribution in [0.2, 0.25) is 0 Å². The van der Waals surface area contributed by atoms with Crippen LogP contribution in [0.5, 0.6) is 0 Å². The molecule has 60 heavy (non-hydrogen) atoms. The van der Waals surface area contributed by atoms with Crippen molar-refractivity contribution in [3.05, 3.63) is 85.1 Å². The number of allylic oxidation sites excluding steroid dienone is 14. The third kappa shape index (κ3) is 46.7. The summed E-state index contributed by atoms with van der Waals surface area (Å²) in [6.45, 7) is 5.21. The van der Waals surface area contributed by atoms with Crippen LogP contribution in [0.25, 0.3) is 0 Å². The predicted octanol–water partition coefficient (Wildman–Crippen LogP) is 13.8. The van der Waals surface area contributed by atoms with Gasteiger partial charge in [-0.1, -0.05) is 163 Å². The summed E-state index contributed by atoms with van der Waals surface area (Å²) in [5.41, 5.74) is 0. The number of phosphoric acid groups is 1. The van der Waals surface area contributed by atoms with Crippen LogP contribution in [0.4, 0.5) is 0 Å². The zero-order valence-corrected chi connectivity index (χ0v) is 40.0. The minimum atomic E-state index is -4.54. The highest BCUT2D eigenvalue weighted by Crippen LogP contribution is 2.38. The van der Waals surface area contributed by atoms with Gasteiger partial charge in [0.1, 0.15) is 19.3 Å². The standard InChI is InChI=1S/C51H90NO7P/c1-6-8-10-12-14-16-18-20-22-24-25-26-27-28-29-31-33-35-37-39-41-43-46-56-48-50(49-58-60(54,55)57-47-45-52(3,4)5)59-51(53)44-42-40-38-36-34-32-30-23-21-19-17-15-13-11-9-7-2/h8,10,14,16-17,19-20,22-23,25-26,28-30,50H,6-7,9,11-13,15,18,21,24,27,31-49H2,1-5H3/b10-8-,16-14-,19-17-,22-20-,26-25-,29-28-,30-23-. The molecule has 346 valence electrons. The highest BCUT2D eigenvalue weighted by molar-refractivity contribution is 7.45. The van der Waals surface area contributed by atoms with Crippen LogP contribution in [0.15, 0.2) is 85.1 Å². The number of esters is 1. The van der Waals surface area contributed by atoms with E-state index >= 15 is 0 Å². The molecule has 2 unspecified atom stereocenters. The smallest absolute Gasteiger partial charge is 0.306 e. The van der Waals surface area contributed by atoms with Crippen LogP contribution in [-0.2, 0) is 27.9 Å². The molecule has 9 heteroatoms. The molecule has 0 aromatic heterocycles. The van der Waals surface area contributed by atoms with Crippen LogP contribution >= 0.6 is 7.82 Å². The van der Waals surface area contributed by atoms with Crippen molar-refractivity contribution in [3.63, 3.8) is 0 Å². The Morgan fingerprint density at radius 3 is 1.45 bits per heavy atom. The quantitative estimate of drug-likeness (QED) is 0.0198. The molecule has 0 radical (unpaired) electrons. The van der Waals surface area contributed by atoms with Gasteiger partial charge in [0.05, 0.1) is 34.4 Å². The molecule has 2 atom stereocenters. The molecular formula is C51H90NO7P. The van der Waals surface area contributed by atoms with Crippen molar-refractivity contribution in [2.45, 2.75) is 180 Å². The van der Waals surface area contributed by atoms with Crippen LogP contribution < -0.4 is 4.89 Å². The molecular weight excluding hydrogens is 770 g/mol. The van der Waals surface area contributed by atoms with Gasteiger partial charge in [-0.15, -0.1) is 0 Å². The topological polar surface area (TPSA) is 94.1 Å². The number of hydrogen-bond acceptors (Lipinski definition) is 7. The van der Waals surface area contributed by atoms with Gasteiger partial charge in [0, 0.05) is 13.0 Å². The highest BCUT2D eigenvalue weighted by atomic mass is 31.2. The Hall–Kier alpha value is -2.32. The van der Waals surface area contributed by atoms with Crippen molar-refractivity contribution < 1.29 is 37.3 Å². The molecule has 0 aromatic rings. The lowest BCUT2D eigenvalue weighted by Crippen LogP contribution is -2.37. The summed E-state index contributed by atoms with van der Waals surface area (Å²) in [6, 6.07) is 0. The molecule has 0 aliphatic carbocycles. The van der Waals surface area contributed by atoms with Crippen LogP contribution in [0, 0.1) is 0 Å². The fourth-order valence-electron chi connectivity index (χ4n) is 6.01. The Balaban J connectivity index is 4.26. The second-order valence-electron chi connectivity index (χ2n) is 16.7. The number of rotatable bonds is 43. The van der Waals surface area contributed by atoms with Gasteiger partial charge in [0.25, 0.3) is 7.82 Å². The summed E-state index contributed by atoms with van der Waals surface area (Å²) in [4.78, 5) is 25.1. The summed E-state index contributed by atoms with van der Waals surface area (Å²) in [7, 11) is 1.32. The van der Waals surface area contributed by atoms with Crippen molar-refractivity contribution in [2.75, 3.05) is 54.1 Å². The van der Waals surface area contributed by atoms with Gasteiger partial charge in [0.15, 0.2) is 0 Å². The maximum absolute atomic E-state index is 12.7. The third-order valence-electron chi connectivity index (χ3n) is 9.68. The minimum Gasteiger partial charge on any atom is -0.756 e. The van der Waals surface area contributed by atoms with E-state index in [4.69, 9.17) is 18.5 Å². The number of carbonyl (C=O) groups excluding carboxylic acids is 1. The van der Waals surface area contributed by atoms with Crippen molar-refractivity contribution in [1.29, 1.82) is 0 Å². The summed E-state index contributed by atoms with van der Waals surface area (Å²) < 4.78 is 34.6. The summed E-state index contributed by atoms with van der Waals surface area (Å²) in [5, 5.41) is 0. The van der Waals surface area contributed by atoms with Gasteiger partial charge in [0.2, 0.25) is 0 Å². The number of carbonyl (C=O) groups is 1. The number of unbranched alkanes of at least 4 members (excludes halogenated alkanes) is 15. The molecule has 0 heterocycles. The normalized spacial score (nSPS) is 14.4. The van der Waals surface area contributed by atoms with Gasteiger partial charge in [-0.25, -0.2) is 0 Å². The molecule has 0 bridgehead atoms. The lowest BCUT2D eigenvalue weighted by molar-refractivity contribution is -0.870. The predicted molar refractivity (Wildman–Crippen MR) is 254 cm³/mol. The van der Waals surface area contributed by atoms with E-state index in [0.29, 0.717) is 17.6 Å². The average Bonchev–Trinajstić information content (AvgIpc) is 3.20. The van der Waals surface area contributed by atoms with E-state index in [0.717, 1.165) is 103 Å². The summed E-state index contributed by atoms with van der Waals surface area (Å²) in [6.07, 6.45) is 57.4. The number of hydrogen-bond donors (Lipinski definition) is 0. The van der Waals surface area contributed by atoms with Crippen molar-refractivity contribution >= 4 is 13.8 Å². The van der Waals surface area contributed by atoms with E-state index in [1.807, 2.05) is 21.1 Å². The van der Waals surface area contributed by atoms with Crippen molar-refractivity contribution in [1.82, 2.24) is 0 Å². The Morgan fingerprint density at radius 1 is 0.533 bits per heavy atom. The summed E-state index contributed by atoms with van der Waals surface area (Å²) >= 11 is 0. The van der Waals surface area contributed by atoms with E-state index in [-0.39, 0.29) is 32.2 Å². The number of quaternary nitrogens is 1. The zero-order valence-electron chi connectivity index (χ0n) is 39.1. The molecule has 0 amide bonds. The first kappa shape index (κ1) is 57.7. The van der Waals surface area contributed by atoms with E-state index in [1.54, 1.807) is 0 Å². The second-order valence-corrected chi connectivity index (χ2v) is 18.1. The fraction of sp³-hybridized carbons (Fsp3) is 0.706. The van der Waals surface area contributed by atoms with Crippen molar-refractivity contribution in [3.8, 4) is 0 Å². The molecule has 8 nitrogen and oxygen atoms in total. The molecule has 0 saturated carbocycles. The maximum atomic E-state index is 12.7. The number of phosphoric ester groups is 1. The third-order valence-corrected chi connectivity index (χ3v) is 10.6. The van der Waals surface area contributed by atoms with E-state index < -0.39 is 13.9 Å². The molecule has 0 N–H and O–H groups in total. The Kier molecular flexibility index (Phi) is 41.7. The van der Waals surface area contributed by atoms with E-state index in [9.17, 15) is 14.3 Å². The molecule has 0 spiro atoms. The molecule has 0 aromatic carbocycles. The van der Waals surface area contributed by atoms with Gasteiger partial charge in [-0.05, 0) is 89.9 Å². The minimum absolute atomic E-state index is 0.0154. The maximum Gasteiger partial charge on any atom is 0.306 e. The Labute approximate surface area is 369 Å². The molecule has 0 saturated heterocycles. The molecule has 0 aliphatic heterocycles. The van der Waals surface area contributed by atoms with Crippen molar-refractivity contribution in [2.24, 2.45) is 0 Å². The second kappa shape index (κ2) is 43.3. The lowest BCUT2D eigenvalue weighted by Gasteiger charge is -2.28. The first-order chi connectivity index (χ1) is 29.1. The lowest BCUT2D eigenvalue weighted by atomic mass is 10.1. The summed E-state index contributed by atoms with van der Waals surface area (Å²) in [5.74, 6) is -0.357. The van der Waals surface area contributed by atoms with Crippen LogP contribution in [0.3, 0.4) is 0 Å². The Bertz CT molecular complexity index is 1230. The van der Waals surface area contributed by atoms with Gasteiger partial charge < -0.3 is 27.9 Å².